The number of rotatable bonds is 2. The summed E-state index contributed by atoms with van der Waals surface area (Å²) in [6, 6.07) is 3.29. The molecule has 0 fully saturated rings. The Labute approximate surface area is 89.7 Å². The highest BCUT2D eigenvalue weighted by atomic mass is 35.5. The van der Waals surface area contributed by atoms with E-state index >= 15 is 0 Å². The number of aromatic nitrogens is 3. The summed E-state index contributed by atoms with van der Waals surface area (Å²) in [6.07, 6.45) is 3.96. The summed E-state index contributed by atoms with van der Waals surface area (Å²) in [5, 5.41) is -0.0738. The summed E-state index contributed by atoms with van der Waals surface area (Å²) in [4.78, 5) is 10.9. The molecule has 2 heterocycles. The van der Waals surface area contributed by atoms with Gasteiger partial charge in [0.25, 0.3) is 5.88 Å². The Morgan fingerprint density at radius 3 is 2.93 bits per heavy atom. The van der Waals surface area contributed by atoms with Crippen molar-refractivity contribution < 1.29 is 9.13 Å². The fourth-order valence-corrected chi connectivity index (χ4v) is 1.05. The first-order valence-corrected chi connectivity index (χ1v) is 4.39. The van der Waals surface area contributed by atoms with Crippen LogP contribution >= 0.6 is 11.6 Å². The lowest BCUT2D eigenvalue weighted by Crippen LogP contribution is -1.94. The minimum Gasteiger partial charge on any atom is -0.435 e. The summed E-state index contributed by atoms with van der Waals surface area (Å²) in [5.74, 6) is -0.516. The quantitative estimate of drug-likeness (QED) is 0.737. The second kappa shape index (κ2) is 4.18. The largest absolute Gasteiger partial charge is 0.435 e. The topological polar surface area (TPSA) is 47.9 Å². The molecule has 0 amide bonds. The smallest absolute Gasteiger partial charge is 0.260 e. The van der Waals surface area contributed by atoms with Crippen LogP contribution < -0.4 is 4.74 Å². The van der Waals surface area contributed by atoms with Gasteiger partial charge in [0.15, 0.2) is 0 Å². The van der Waals surface area contributed by atoms with Gasteiger partial charge in [-0.2, -0.15) is 9.37 Å². The first kappa shape index (κ1) is 9.79. The maximum Gasteiger partial charge on any atom is 0.260 e. The van der Waals surface area contributed by atoms with Crippen LogP contribution in [0.15, 0.2) is 30.7 Å². The van der Waals surface area contributed by atoms with Crippen LogP contribution in [0.25, 0.3) is 0 Å². The Kier molecular flexibility index (Phi) is 2.73. The van der Waals surface area contributed by atoms with E-state index in [1.807, 2.05) is 0 Å². The molecule has 0 spiro atoms. The summed E-state index contributed by atoms with van der Waals surface area (Å²) in [6.45, 7) is 0. The fraction of sp³-hybridized carbons (Fsp3) is 0. The van der Waals surface area contributed by atoms with Crippen molar-refractivity contribution in [3.8, 4) is 11.6 Å². The van der Waals surface area contributed by atoms with E-state index in [1.165, 1.54) is 6.20 Å². The molecule has 0 aliphatic carbocycles. The van der Waals surface area contributed by atoms with Crippen LogP contribution in [0.1, 0.15) is 0 Å². The van der Waals surface area contributed by atoms with E-state index in [9.17, 15) is 4.39 Å². The summed E-state index contributed by atoms with van der Waals surface area (Å²) in [5.41, 5.74) is 0. The summed E-state index contributed by atoms with van der Waals surface area (Å²) in [7, 11) is 0. The van der Waals surface area contributed by atoms with Crippen LogP contribution in [0, 0.1) is 5.82 Å². The van der Waals surface area contributed by atoms with E-state index in [0.29, 0.717) is 5.75 Å². The van der Waals surface area contributed by atoms with Gasteiger partial charge < -0.3 is 4.74 Å². The Morgan fingerprint density at radius 1 is 1.33 bits per heavy atom. The molecule has 0 saturated heterocycles. The van der Waals surface area contributed by atoms with Crippen LogP contribution in [-0.4, -0.2) is 15.0 Å². The van der Waals surface area contributed by atoms with Gasteiger partial charge >= 0.3 is 0 Å². The number of hydrogen-bond donors (Lipinski definition) is 0. The van der Waals surface area contributed by atoms with Crippen LogP contribution in [0.4, 0.5) is 4.39 Å². The zero-order chi connectivity index (χ0) is 10.7. The SMILES string of the molecule is Fc1cnc(Cl)nc1Oc1cccnc1. The molecule has 15 heavy (non-hydrogen) atoms. The average molecular weight is 226 g/mol. The minimum atomic E-state index is -0.678. The van der Waals surface area contributed by atoms with Crippen LogP contribution in [0.5, 0.6) is 11.6 Å². The normalized spacial score (nSPS) is 10.0. The second-order valence-corrected chi connectivity index (χ2v) is 2.92. The molecule has 0 aliphatic rings. The molecule has 0 aromatic carbocycles. The van der Waals surface area contributed by atoms with Crippen molar-refractivity contribution in [1.29, 1.82) is 0 Å². The molecule has 4 nitrogen and oxygen atoms in total. The standard InChI is InChI=1S/C9H5ClFN3O/c10-9-13-5-7(11)8(14-9)15-6-2-1-3-12-4-6/h1-5H. The van der Waals surface area contributed by atoms with Gasteiger partial charge in [-0.3, -0.25) is 4.98 Å². The lowest BCUT2D eigenvalue weighted by atomic mass is 10.5. The van der Waals surface area contributed by atoms with Crippen LogP contribution in [0.3, 0.4) is 0 Å². The van der Waals surface area contributed by atoms with Crippen LogP contribution in [-0.2, 0) is 0 Å². The van der Waals surface area contributed by atoms with Gasteiger partial charge in [-0.1, -0.05) is 0 Å². The zero-order valence-corrected chi connectivity index (χ0v) is 8.15. The molecule has 76 valence electrons. The van der Waals surface area contributed by atoms with Gasteiger partial charge in [-0.15, -0.1) is 0 Å². The lowest BCUT2D eigenvalue weighted by Gasteiger charge is -2.03. The van der Waals surface area contributed by atoms with E-state index < -0.39 is 5.82 Å². The Morgan fingerprint density at radius 2 is 2.20 bits per heavy atom. The van der Waals surface area contributed by atoms with E-state index in [1.54, 1.807) is 18.3 Å². The van der Waals surface area contributed by atoms with Gasteiger partial charge in [0.1, 0.15) is 5.75 Å². The Balaban J connectivity index is 2.28. The lowest BCUT2D eigenvalue weighted by molar-refractivity contribution is 0.418. The predicted octanol–water partition coefficient (Wildman–Crippen LogP) is 2.46. The molecule has 0 saturated carbocycles. The first-order chi connectivity index (χ1) is 7.25. The number of pyridine rings is 1. The highest BCUT2D eigenvalue weighted by Crippen LogP contribution is 2.21. The van der Waals surface area contributed by atoms with Gasteiger partial charge in [-0.25, -0.2) is 4.98 Å². The highest BCUT2D eigenvalue weighted by molar-refractivity contribution is 6.28. The molecular weight excluding hydrogens is 221 g/mol. The number of halogens is 2. The zero-order valence-electron chi connectivity index (χ0n) is 7.39. The van der Waals surface area contributed by atoms with Crippen molar-refractivity contribution in [2.75, 3.05) is 0 Å². The highest BCUT2D eigenvalue weighted by Gasteiger charge is 2.08. The predicted molar refractivity (Wildman–Crippen MR) is 51.3 cm³/mol. The molecule has 2 rings (SSSR count). The molecule has 2 aromatic rings. The van der Waals surface area contributed by atoms with Crippen molar-refractivity contribution in [3.05, 3.63) is 41.8 Å². The van der Waals surface area contributed by atoms with Gasteiger partial charge in [0, 0.05) is 6.20 Å². The molecule has 0 atom stereocenters. The van der Waals surface area contributed by atoms with E-state index in [0.717, 1.165) is 6.20 Å². The number of hydrogen-bond acceptors (Lipinski definition) is 4. The van der Waals surface area contributed by atoms with Gasteiger partial charge in [0.05, 0.1) is 12.4 Å². The maximum absolute atomic E-state index is 13.1. The van der Waals surface area contributed by atoms with Crippen molar-refractivity contribution in [2.24, 2.45) is 0 Å². The average Bonchev–Trinajstić information content (AvgIpc) is 2.25. The van der Waals surface area contributed by atoms with Crippen molar-refractivity contribution in [2.45, 2.75) is 0 Å². The Bertz CT molecular complexity index is 466. The van der Waals surface area contributed by atoms with Gasteiger partial charge in [-0.05, 0) is 23.7 Å². The van der Waals surface area contributed by atoms with E-state index in [4.69, 9.17) is 16.3 Å². The van der Waals surface area contributed by atoms with E-state index in [2.05, 4.69) is 15.0 Å². The first-order valence-electron chi connectivity index (χ1n) is 4.01. The molecule has 0 bridgehead atoms. The third kappa shape index (κ3) is 2.38. The van der Waals surface area contributed by atoms with E-state index in [-0.39, 0.29) is 11.2 Å². The van der Waals surface area contributed by atoms with Gasteiger partial charge in [0.2, 0.25) is 11.1 Å². The van der Waals surface area contributed by atoms with Crippen molar-refractivity contribution in [3.63, 3.8) is 0 Å². The molecule has 0 radical (unpaired) electrons. The molecule has 0 N–H and O–H groups in total. The molecular formula is C9H5ClFN3O. The second-order valence-electron chi connectivity index (χ2n) is 2.58. The monoisotopic (exact) mass is 225 g/mol. The molecule has 0 unspecified atom stereocenters. The van der Waals surface area contributed by atoms with Crippen molar-refractivity contribution in [1.82, 2.24) is 15.0 Å². The number of nitrogens with zero attached hydrogens (tertiary/aromatic N) is 3. The molecule has 0 aliphatic heterocycles. The molecule has 6 heteroatoms. The minimum absolute atomic E-state index is 0.0738. The Hall–Kier alpha value is -1.75. The summed E-state index contributed by atoms with van der Waals surface area (Å²) < 4.78 is 18.2. The summed E-state index contributed by atoms with van der Waals surface area (Å²) >= 11 is 5.50. The third-order valence-corrected chi connectivity index (χ3v) is 1.71. The third-order valence-electron chi connectivity index (χ3n) is 1.53. The fourth-order valence-electron chi connectivity index (χ4n) is 0.922. The number of ether oxygens (including phenoxy) is 1. The molecule has 2 aromatic heterocycles. The van der Waals surface area contributed by atoms with Crippen molar-refractivity contribution >= 4 is 11.6 Å². The van der Waals surface area contributed by atoms with Crippen LogP contribution in [0.2, 0.25) is 5.28 Å². The maximum atomic E-state index is 13.1.